The zero-order valence-corrected chi connectivity index (χ0v) is 9.09. The fraction of sp³-hybridized carbons (Fsp3) is 0.818. The zero-order valence-electron chi connectivity index (χ0n) is 9.09. The predicted molar refractivity (Wildman–Crippen MR) is 51.8 cm³/mol. The predicted octanol–water partition coefficient (Wildman–Crippen LogP) is 3.04. The van der Waals surface area contributed by atoms with Gasteiger partial charge in [0.25, 0.3) is 0 Å². The van der Waals surface area contributed by atoms with Crippen LogP contribution in [0.25, 0.3) is 0 Å². The lowest BCUT2D eigenvalue weighted by atomic mass is 9.88. The molecule has 1 aliphatic carbocycles. The lowest BCUT2D eigenvalue weighted by Crippen LogP contribution is -2.21. The van der Waals surface area contributed by atoms with Gasteiger partial charge >= 0.3 is 6.18 Å². The first-order valence-electron chi connectivity index (χ1n) is 5.45. The van der Waals surface area contributed by atoms with Crippen LogP contribution < -0.4 is 0 Å². The Balaban J connectivity index is 1.71. The normalized spacial score (nSPS) is 34.8. The monoisotopic (exact) mass is 236 g/mol. The number of halogens is 3. The molecule has 1 aliphatic heterocycles. The van der Waals surface area contributed by atoms with Crippen LogP contribution in [0.3, 0.4) is 0 Å². The van der Waals surface area contributed by atoms with Gasteiger partial charge in [-0.25, -0.2) is 0 Å². The van der Waals surface area contributed by atoms with E-state index in [0.29, 0.717) is 5.92 Å². The van der Waals surface area contributed by atoms with Crippen molar-refractivity contribution < 1.29 is 22.6 Å². The van der Waals surface area contributed by atoms with Gasteiger partial charge in [-0.15, -0.1) is 0 Å². The minimum Gasteiger partial charge on any atom is -0.341 e. The summed E-state index contributed by atoms with van der Waals surface area (Å²) < 4.78 is 45.4. The second-order valence-corrected chi connectivity index (χ2v) is 4.48. The first-order valence-corrected chi connectivity index (χ1v) is 5.45. The molecule has 0 amide bonds. The van der Waals surface area contributed by atoms with Gasteiger partial charge in [-0.3, -0.25) is 0 Å². The second-order valence-electron chi connectivity index (χ2n) is 4.48. The van der Waals surface area contributed by atoms with Crippen molar-refractivity contribution in [1.82, 2.24) is 0 Å². The van der Waals surface area contributed by atoms with Crippen molar-refractivity contribution in [2.24, 2.45) is 5.92 Å². The molecule has 1 saturated heterocycles. The van der Waals surface area contributed by atoms with Crippen molar-refractivity contribution >= 4 is 0 Å². The van der Waals surface area contributed by atoms with E-state index < -0.39 is 19.1 Å². The lowest BCUT2D eigenvalue weighted by molar-refractivity contribution is -0.184. The molecule has 92 valence electrons. The average Bonchev–Trinajstić information content (AvgIpc) is 2.94. The van der Waals surface area contributed by atoms with Crippen molar-refractivity contribution in [3.63, 3.8) is 0 Å². The van der Waals surface area contributed by atoms with Crippen LogP contribution in [0.4, 0.5) is 13.2 Å². The molecular weight excluding hydrogens is 221 g/mol. The molecule has 0 spiro atoms. The summed E-state index contributed by atoms with van der Waals surface area (Å²) in [5, 5.41) is 0. The molecule has 3 atom stereocenters. The molecule has 2 aliphatic rings. The van der Waals surface area contributed by atoms with E-state index in [1.807, 2.05) is 0 Å². The standard InChI is InChI=1S/C11H15F3O2/c1-7-2-4-8(5-3-7)9-10(16-9)15-6-11(12,13)14/h2,8-10H,3-6H2,1H3/t8-,9?,10?/m0/s1. The van der Waals surface area contributed by atoms with Crippen molar-refractivity contribution in [2.45, 2.75) is 44.8 Å². The van der Waals surface area contributed by atoms with Gasteiger partial charge in [0.1, 0.15) is 12.7 Å². The summed E-state index contributed by atoms with van der Waals surface area (Å²) in [5.41, 5.74) is 1.35. The Morgan fingerprint density at radius 1 is 1.50 bits per heavy atom. The van der Waals surface area contributed by atoms with Gasteiger partial charge in [-0.05, 0) is 32.1 Å². The Morgan fingerprint density at radius 2 is 2.25 bits per heavy atom. The highest BCUT2D eigenvalue weighted by molar-refractivity contribution is 5.05. The van der Waals surface area contributed by atoms with Crippen molar-refractivity contribution in [2.75, 3.05) is 6.61 Å². The molecule has 5 heteroatoms. The molecule has 16 heavy (non-hydrogen) atoms. The first-order chi connectivity index (χ1) is 7.46. The maximum atomic E-state index is 11.9. The Bertz CT molecular complexity index is 285. The largest absolute Gasteiger partial charge is 0.411 e. The Labute approximate surface area is 92.4 Å². The summed E-state index contributed by atoms with van der Waals surface area (Å²) in [5.74, 6) is 0.321. The lowest BCUT2D eigenvalue weighted by Gasteiger charge is -2.18. The van der Waals surface area contributed by atoms with Gasteiger partial charge in [0.05, 0.1) is 0 Å². The molecule has 0 aromatic rings. The molecule has 0 radical (unpaired) electrons. The molecule has 1 heterocycles. The fourth-order valence-electron chi connectivity index (χ4n) is 2.04. The third-order valence-electron chi connectivity index (χ3n) is 3.04. The molecule has 0 aromatic heterocycles. The van der Waals surface area contributed by atoms with E-state index in [9.17, 15) is 13.2 Å². The minimum atomic E-state index is -4.26. The van der Waals surface area contributed by atoms with E-state index in [1.165, 1.54) is 5.57 Å². The molecular formula is C11H15F3O2. The SMILES string of the molecule is CC1=CC[C@H](C2OC2OCC(F)(F)F)CC1. The smallest absolute Gasteiger partial charge is 0.341 e. The van der Waals surface area contributed by atoms with Gasteiger partial charge in [-0.2, -0.15) is 13.2 Å². The van der Waals surface area contributed by atoms with Gasteiger partial charge in [0.2, 0.25) is 0 Å². The highest BCUT2D eigenvalue weighted by Gasteiger charge is 2.47. The van der Waals surface area contributed by atoms with E-state index in [0.717, 1.165) is 19.3 Å². The van der Waals surface area contributed by atoms with Crippen LogP contribution in [0, 0.1) is 5.92 Å². The minimum absolute atomic E-state index is 0.133. The van der Waals surface area contributed by atoms with Crippen molar-refractivity contribution in [1.29, 1.82) is 0 Å². The van der Waals surface area contributed by atoms with Gasteiger partial charge < -0.3 is 9.47 Å². The number of epoxide rings is 1. The number of alkyl halides is 3. The second kappa shape index (κ2) is 4.37. The third-order valence-corrected chi connectivity index (χ3v) is 3.04. The van der Waals surface area contributed by atoms with E-state index in [-0.39, 0.29) is 6.10 Å². The van der Waals surface area contributed by atoms with E-state index in [1.54, 1.807) is 0 Å². The summed E-state index contributed by atoms with van der Waals surface area (Å²) in [4.78, 5) is 0. The highest BCUT2D eigenvalue weighted by atomic mass is 19.4. The van der Waals surface area contributed by atoms with Crippen LogP contribution in [-0.2, 0) is 9.47 Å². The summed E-state index contributed by atoms with van der Waals surface area (Å²) in [7, 11) is 0. The summed E-state index contributed by atoms with van der Waals surface area (Å²) in [6, 6.07) is 0. The van der Waals surface area contributed by atoms with Crippen LogP contribution in [0.5, 0.6) is 0 Å². The molecule has 0 aromatic carbocycles. The molecule has 2 nitrogen and oxygen atoms in total. The molecule has 2 unspecified atom stereocenters. The van der Waals surface area contributed by atoms with Crippen LogP contribution in [-0.4, -0.2) is 25.2 Å². The number of hydrogen-bond donors (Lipinski definition) is 0. The molecule has 2 rings (SSSR count). The molecule has 0 N–H and O–H groups in total. The summed E-state index contributed by atoms with van der Waals surface area (Å²) in [6.07, 6.45) is -0.0151. The Kier molecular flexibility index (Phi) is 3.26. The van der Waals surface area contributed by atoms with Crippen LogP contribution in [0.15, 0.2) is 11.6 Å². The topological polar surface area (TPSA) is 21.8 Å². The maximum Gasteiger partial charge on any atom is 0.411 e. The van der Waals surface area contributed by atoms with Crippen LogP contribution >= 0.6 is 0 Å². The maximum absolute atomic E-state index is 11.9. The quantitative estimate of drug-likeness (QED) is 0.555. The third kappa shape index (κ3) is 3.22. The van der Waals surface area contributed by atoms with Gasteiger partial charge in [0.15, 0.2) is 6.29 Å². The van der Waals surface area contributed by atoms with E-state index in [2.05, 4.69) is 17.7 Å². The fourth-order valence-corrected chi connectivity index (χ4v) is 2.04. The summed E-state index contributed by atoms with van der Waals surface area (Å²) >= 11 is 0. The number of ether oxygens (including phenoxy) is 2. The van der Waals surface area contributed by atoms with E-state index in [4.69, 9.17) is 4.74 Å². The van der Waals surface area contributed by atoms with Crippen molar-refractivity contribution in [3.8, 4) is 0 Å². The highest BCUT2D eigenvalue weighted by Crippen LogP contribution is 2.38. The van der Waals surface area contributed by atoms with Gasteiger partial charge in [-0.1, -0.05) is 11.6 Å². The van der Waals surface area contributed by atoms with Gasteiger partial charge in [0, 0.05) is 0 Å². The Morgan fingerprint density at radius 3 is 2.81 bits per heavy atom. The van der Waals surface area contributed by atoms with E-state index >= 15 is 0 Å². The van der Waals surface area contributed by atoms with Crippen LogP contribution in [0.2, 0.25) is 0 Å². The molecule has 1 fully saturated rings. The first kappa shape index (κ1) is 11.9. The molecule has 0 saturated carbocycles. The number of hydrogen-bond acceptors (Lipinski definition) is 2. The zero-order chi connectivity index (χ0) is 11.8. The average molecular weight is 236 g/mol. The Hall–Kier alpha value is -0.550. The number of rotatable bonds is 3. The van der Waals surface area contributed by atoms with Crippen LogP contribution in [0.1, 0.15) is 26.2 Å². The summed E-state index contributed by atoms with van der Waals surface area (Å²) in [6.45, 7) is 0.858. The number of allylic oxidation sites excluding steroid dienone is 2. The van der Waals surface area contributed by atoms with Crippen molar-refractivity contribution in [3.05, 3.63) is 11.6 Å². The molecule has 0 bridgehead atoms.